The van der Waals surface area contributed by atoms with Crippen LogP contribution < -0.4 is 0 Å². The second-order valence-electron chi connectivity index (χ2n) is 8.05. The number of aliphatic carboxylic acids is 3. The zero-order valence-corrected chi connectivity index (χ0v) is 16.6. The zero-order valence-electron chi connectivity index (χ0n) is 16.6. The summed E-state index contributed by atoms with van der Waals surface area (Å²) in [6, 6.07) is 0. The Morgan fingerprint density at radius 3 is 1.57 bits per heavy atom. The van der Waals surface area contributed by atoms with Crippen molar-refractivity contribution >= 4 is 23.9 Å². The van der Waals surface area contributed by atoms with E-state index < -0.39 is 36.4 Å². The normalized spacial score (nSPS) is 19.1. The number of rotatable bonds is 6. The summed E-state index contributed by atoms with van der Waals surface area (Å²) in [6.07, 6.45) is -1.07. The van der Waals surface area contributed by atoms with Crippen molar-refractivity contribution in [3.63, 3.8) is 0 Å². The molecule has 0 amide bonds. The van der Waals surface area contributed by atoms with Gasteiger partial charge < -0.3 is 30.4 Å². The van der Waals surface area contributed by atoms with E-state index >= 15 is 0 Å². The molecular weight excluding hydrogens is 378 g/mol. The Hall–Kier alpha value is -2.24. The molecule has 0 aliphatic carbocycles. The van der Waals surface area contributed by atoms with Gasteiger partial charge >= 0.3 is 23.9 Å². The van der Waals surface area contributed by atoms with E-state index in [-0.39, 0.29) is 23.2 Å². The van der Waals surface area contributed by atoms with Gasteiger partial charge in [0.2, 0.25) is 0 Å². The minimum atomic E-state index is -2.74. The van der Waals surface area contributed by atoms with Gasteiger partial charge in [-0.3, -0.25) is 14.4 Å². The van der Waals surface area contributed by atoms with E-state index in [0.29, 0.717) is 12.8 Å². The van der Waals surface area contributed by atoms with Gasteiger partial charge in [-0.05, 0) is 27.7 Å². The second kappa shape index (κ2) is 9.30. The van der Waals surface area contributed by atoms with Gasteiger partial charge in [-0.25, -0.2) is 4.79 Å². The maximum absolute atomic E-state index is 10.9. The van der Waals surface area contributed by atoms with Gasteiger partial charge in [0.15, 0.2) is 5.60 Å². The van der Waals surface area contributed by atoms with Crippen molar-refractivity contribution in [2.75, 3.05) is 0 Å². The molecule has 1 aliphatic heterocycles. The van der Waals surface area contributed by atoms with E-state index in [9.17, 15) is 24.4 Å². The number of piperidine rings is 1. The molecule has 162 valence electrons. The fourth-order valence-electron chi connectivity index (χ4n) is 3.21. The lowest BCUT2D eigenvalue weighted by Gasteiger charge is -2.50. The molecule has 1 saturated heterocycles. The molecule has 1 aliphatic rings. The molecule has 0 aromatic heterocycles. The van der Waals surface area contributed by atoms with Crippen LogP contribution in [-0.2, 0) is 23.9 Å². The second-order valence-corrected chi connectivity index (χ2v) is 8.05. The Labute approximate surface area is 162 Å². The van der Waals surface area contributed by atoms with E-state index in [1.54, 1.807) is 0 Å². The van der Waals surface area contributed by atoms with Crippen LogP contribution in [0.4, 0.5) is 0 Å². The first-order valence-electron chi connectivity index (χ1n) is 8.49. The van der Waals surface area contributed by atoms with Crippen molar-refractivity contribution < 1.29 is 49.5 Å². The lowest BCUT2D eigenvalue weighted by atomic mass is 9.80. The van der Waals surface area contributed by atoms with Gasteiger partial charge in [-0.2, -0.15) is 5.06 Å². The SMILES string of the molecule is CC(=O)OC1CC(C)(C)N(O)C(C)(C)C1.O=C(O)CC(O)(CC(=O)O)C(=O)O. The molecule has 1 heterocycles. The largest absolute Gasteiger partial charge is 0.481 e. The topological polar surface area (TPSA) is 182 Å². The smallest absolute Gasteiger partial charge is 0.336 e. The average molecular weight is 407 g/mol. The van der Waals surface area contributed by atoms with Gasteiger partial charge in [0.25, 0.3) is 0 Å². The summed E-state index contributed by atoms with van der Waals surface area (Å²) < 4.78 is 5.23. The maximum Gasteiger partial charge on any atom is 0.336 e. The van der Waals surface area contributed by atoms with E-state index in [4.69, 9.17) is 25.2 Å². The molecule has 0 radical (unpaired) electrons. The van der Waals surface area contributed by atoms with Crippen molar-refractivity contribution in [2.24, 2.45) is 0 Å². The highest BCUT2D eigenvalue weighted by molar-refractivity contribution is 5.88. The Balaban J connectivity index is 0.000000528. The van der Waals surface area contributed by atoms with Crippen LogP contribution in [0.5, 0.6) is 0 Å². The van der Waals surface area contributed by atoms with Crippen LogP contribution >= 0.6 is 0 Å². The summed E-state index contributed by atoms with van der Waals surface area (Å²) >= 11 is 0. The number of esters is 1. The molecule has 0 atom stereocenters. The molecule has 11 nitrogen and oxygen atoms in total. The van der Waals surface area contributed by atoms with Crippen LogP contribution in [0.1, 0.15) is 60.3 Å². The highest BCUT2D eigenvalue weighted by atomic mass is 16.5. The number of hydroxylamine groups is 2. The highest BCUT2D eigenvalue weighted by Gasteiger charge is 2.46. The van der Waals surface area contributed by atoms with Crippen molar-refractivity contribution in [1.29, 1.82) is 0 Å². The molecular formula is C17H29NO10. The third-order valence-corrected chi connectivity index (χ3v) is 4.22. The van der Waals surface area contributed by atoms with Gasteiger partial charge in [0, 0.05) is 30.8 Å². The maximum atomic E-state index is 10.9. The quantitative estimate of drug-likeness (QED) is 0.391. The Kier molecular flexibility index (Phi) is 8.56. The van der Waals surface area contributed by atoms with E-state index in [1.165, 1.54) is 12.0 Å². The fraction of sp³-hybridized carbons (Fsp3) is 0.765. The molecule has 0 aromatic rings. The molecule has 0 unspecified atom stereocenters. The third-order valence-electron chi connectivity index (χ3n) is 4.22. The minimum absolute atomic E-state index is 0.101. The fourth-order valence-corrected chi connectivity index (χ4v) is 3.21. The van der Waals surface area contributed by atoms with Crippen molar-refractivity contribution in [3.8, 4) is 0 Å². The highest BCUT2D eigenvalue weighted by Crippen LogP contribution is 2.37. The predicted octanol–water partition coefficient (Wildman–Crippen LogP) is 0.712. The van der Waals surface area contributed by atoms with Crippen LogP contribution in [0.25, 0.3) is 0 Å². The molecule has 0 bridgehead atoms. The van der Waals surface area contributed by atoms with Crippen LogP contribution in [0, 0.1) is 0 Å². The molecule has 0 spiro atoms. The summed E-state index contributed by atoms with van der Waals surface area (Å²) in [5.74, 6) is -5.27. The lowest BCUT2D eigenvalue weighted by Crippen LogP contribution is -2.60. The molecule has 1 rings (SSSR count). The Morgan fingerprint density at radius 1 is 0.964 bits per heavy atom. The van der Waals surface area contributed by atoms with Crippen molar-refractivity contribution in [3.05, 3.63) is 0 Å². The lowest BCUT2D eigenvalue weighted by molar-refractivity contribution is -0.259. The monoisotopic (exact) mass is 407 g/mol. The number of carboxylic acids is 3. The van der Waals surface area contributed by atoms with Crippen LogP contribution in [-0.4, -0.2) is 77.4 Å². The van der Waals surface area contributed by atoms with Crippen LogP contribution in [0.15, 0.2) is 0 Å². The third kappa shape index (κ3) is 7.79. The van der Waals surface area contributed by atoms with Crippen LogP contribution in [0.3, 0.4) is 0 Å². The Morgan fingerprint density at radius 2 is 1.32 bits per heavy atom. The number of aliphatic hydroxyl groups is 1. The van der Waals surface area contributed by atoms with Gasteiger partial charge in [-0.15, -0.1) is 0 Å². The summed E-state index contributed by atoms with van der Waals surface area (Å²) in [5.41, 5.74) is -3.46. The molecule has 5 N–H and O–H groups in total. The van der Waals surface area contributed by atoms with Gasteiger partial charge in [0.05, 0.1) is 12.8 Å². The minimum Gasteiger partial charge on any atom is -0.481 e. The summed E-state index contributed by atoms with van der Waals surface area (Å²) in [4.78, 5) is 41.4. The molecule has 0 saturated carbocycles. The van der Waals surface area contributed by atoms with E-state index in [1.807, 2.05) is 27.7 Å². The first-order chi connectivity index (χ1) is 12.4. The number of carbonyl (C=O) groups excluding carboxylic acids is 1. The molecule has 11 heteroatoms. The molecule has 1 fully saturated rings. The molecule has 0 aromatic carbocycles. The van der Waals surface area contributed by atoms with Crippen LogP contribution in [0.2, 0.25) is 0 Å². The summed E-state index contributed by atoms with van der Waals surface area (Å²) in [7, 11) is 0. The molecule has 28 heavy (non-hydrogen) atoms. The van der Waals surface area contributed by atoms with Gasteiger partial charge in [0.1, 0.15) is 6.10 Å². The number of hydrogen-bond donors (Lipinski definition) is 5. The van der Waals surface area contributed by atoms with E-state index in [0.717, 1.165) is 0 Å². The first kappa shape index (κ1) is 25.8. The number of ether oxygens (including phenoxy) is 1. The first-order valence-corrected chi connectivity index (χ1v) is 8.49. The van der Waals surface area contributed by atoms with Crippen molar-refractivity contribution in [1.82, 2.24) is 5.06 Å². The predicted molar refractivity (Wildman–Crippen MR) is 93.7 cm³/mol. The zero-order chi connectivity index (χ0) is 22.5. The standard InChI is InChI=1S/C11H21NO3.C6H8O7/c1-8(13)15-9-6-10(2,3)12(14)11(4,5)7-9;7-3(8)1-6(13,5(11)12)2-4(9)10/h9,14H,6-7H2,1-5H3;13H,1-2H2,(H,7,8)(H,9,10)(H,11,12). The number of carbonyl (C=O) groups is 4. The number of nitrogens with zero attached hydrogens (tertiary/aromatic N) is 1. The summed E-state index contributed by atoms with van der Waals surface area (Å²) in [6.45, 7) is 9.22. The number of hydrogen-bond acceptors (Lipinski definition) is 8. The Bertz CT molecular complexity index is 579. The summed E-state index contributed by atoms with van der Waals surface area (Å²) in [5, 5.41) is 45.2. The van der Waals surface area contributed by atoms with Crippen molar-refractivity contribution in [2.45, 2.75) is 83.1 Å². The van der Waals surface area contributed by atoms with Gasteiger partial charge in [-0.1, -0.05) is 0 Å². The number of carboxylic acid groups (broad SMARTS) is 3. The average Bonchev–Trinajstić information content (AvgIpc) is 2.41. The van der Waals surface area contributed by atoms with E-state index in [2.05, 4.69) is 0 Å².